The lowest BCUT2D eigenvalue weighted by molar-refractivity contribution is -0.870. The summed E-state index contributed by atoms with van der Waals surface area (Å²) in [5, 5.41) is 0. The van der Waals surface area contributed by atoms with E-state index in [1.807, 2.05) is 21.1 Å². The lowest BCUT2D eigenvalue weighted by Crippen LogP contribution is -2.37. The second-order valence-corrected chi connectivity index (χ2v) is 12.2. The zero-order chi connectivity index (χ0) is 27.1. The monoisotopic (exact) mass is 538 g/mol. The smallest absolute Gasteiger partial charge is 0.457 e. The highest BCUT2D eigenvalue weighted by molar-refractivity contribution is 7.47. The summed E-state index contributed by atoms with van der Waals surface area (Å²) in [5.41, 5.74) is 0. The van der Waals surface area contributed by atoms with Crippen molar-refractivity contribution in [2.24, 2.45) is 0 Å². The molecule has 0 aliphatic rings. The van der Waals surface area contributed by atoms with E-state index in [1.54, 1.807) is 6.92 Å². The van der Waals surface area contributed by atoms with Gasteiger partial charge in [-0.25, -0.2) is 4.57 Å². The Morgan fingerprint density at radius 1 is 0.750 bits per heavy atom. The van der Waals surface area contributed by atoms with Gasteiger partial charge in [-0.05, 0) is 6.42 Å². The Kier molecular flexibility index (Phi) is 22.2. The van der Waals surface area contributed by atoms with Crippen LogP contribution >= 0.6 is 7.82 Å². The van der Waals surface area contributed by atoms with E-state index in [1.165, 1.54) is 77.0 Å². The van der Waals surface area contributed by atoms with Crippen LogP contribution in [0.15, 0.2) is 0 Å². The first-order chi connectivity index (χ1) is 17.1. The number of rotatable bonds is 26. The van der Waals surface area contributed by atoms with Crippen LogP contribution < -0.4 is 0 Å². The van der Waals surface area contributed by atoms with E-state index in [4.69, 9.17) is 18.5 Å². The fraction of sp³-hybridized carbons (Fsp3) is 0.963. The standard InChI is InChI=1S/C27H56NO7P/c1-6-8-9-10-11-12-13-14-15-16-17-18-19-20-22-32-24-26(35-27(29)7-2)25-34-36(30,31)33-23-21-28(3,4)5/h26H,6-25H2,1-5H3/p+1/t26-/m1/s1. The van der Waals surface area contributed by atoms with Gasteiger partial charge < -0.3 is 18.9 Å². The summed E-state index contributed by atoms with van der Waals surface area (Å²) in [6.07, 6.45) is 17.7. The largest absolute Gasteiger partial charge is 0.472 e. The molecule has 1 unspecified atom stereocenters. The van der Waals surface area contributed by atoms with Crippen LogP contribution in [-0.4, -0.2) is 75.6 Å². The number of hydrogen-bond acceptors (Lipinski definition) is 6. The number of likely N-dealkylation sites (N-methyl/N-ethyl adjacent to an activating group) is 1. The highest BCUT2D eigenvalue weighted by Gasteiger charge is 2.26. The SMILES string of the molecule is CCCCCCCCCCCCCCCCOC[C@H](COP(=O)(O)OCC[N+](C)(C)C)OC(=O)CC. The van der Waals surface area contributed by atoms with Gasteiger partial charge in [0.05, 0.1) is 34.4 Å². The van der Waals surface area contributed by atoms with Crippen molar-refractivity contribution in [1.82, 2.24) is 0 Å². The van der Waals surface area contributed by atoms with E-state index < -0.39 is 19.9 Å². The van der Waals surface area contributed by atoms with Crippen molar-refractivity contribution in [3.05, 3.63) is 0 Å². The van der Waals surface area contributed by atoms with Crippen LogP contribution in [0.4, 0.5) is 0 Å². The number of ether oxygens (including phenoxy) is 2. The Labute approximate surface area is 221 Å². The molecule has 9 heteroatoms. The molecule has 216 valence electrons. The number of carbonyl (C=O) groups excluding carboxylic acids is 1. The van der Waals surface area contributed by atoms with Crippen LogP contribution in [0, 0.1) is 0 Å². The Morgan fingerprint density at radius 3 is 1.72 bits per heavy atom. The van der Waals surface area contributed by atoms with Crippen LogP contribution in [0.2, 0.25) is 0 Å². The van der Waals surface area contributed by atoms with E-state index in [9.17, 15) is 14.3 Å². The molecule has 0 aliphatic heterocycles. The molecule has 0 radical (unpaired) electrons. The van der Waals surface area contributed by atoms with Crippen molar-refractivity contribution in [2.75, 3.05) is 54.1 Å². The summed E-state index contributed by atoms with van der Waals surface area (Å²) in [5.74, 6) is -0.401. The average Bonchev–Trinajstić information content (AvgIpc) is 2.81. The molecule has 0 bridgehead atoms. The highest BCUT2D eigenvalue weighted by Crippen LogP contribution is 2.43. The molecule has 0 saturated carbocycles. The topological polar surface area (TPSA) is 91.3 Å². The number of quaternary nitrogens is 1. The summed E-state index contributed by atoms with van der Waals surface area (Å²) in [4.78, 5) is 21.6. The molecule has 0 saturated heterocycles. The van der Waals surface area contributed by atoms with Gasteiger partial charge in [0, 0.05) is 13.0 Å². The van der Waals surface area contributed by atoms with Gasteiger partial charge >= 0.3 is 13.8 Å². The number of hydrogen-bond donors (Lipinski definition) is 1. The molecule has 0 aromatic rings. The van der Waals surface area contributed by atoms with Crippen molar-refractivity contribution in [1.29, 1.82) is 0 Å². The second kappa shape index (κ2) is 22.5. The normalized spacial score (nSPS) is 14.5. The minimum atomic E-state index is -4.22. The maximum Gasteiger partial charge on any atom is 0.472 e. The fourth-order valence-corrected chi connectivity index (χ4v) is 4.39. The molecule has 36 heavy (non-hydrogen) atoms. The van der Waals surface area contributed by atoms with E-state index in [2.05, 4.69) is 6.92 Å². The van der Waals surface area contributed by atoms with E-state index in [0.29, 0.717) is 17.6 Å². The number of esters is 1. The Hall–Kier alpha value is -0.500. The van der Waals surface area contributed by atoms with Gasteiger partial charge in [-0.2, -0.15) is 0 Å². The van der Waals surface area contributed by atoms with Crippen LogP contribution in [0.5, 0.6) is 0 Å². The number of phosphoric ester groups is 1. The van der Waals surface area contributed by atoms with Crippen molar-refractivity contribution in [2.45, 2.75) is 116 Å². The van der Waals surface area contributed by atoms with Gasteiger partial charge in [0.2, 0.25) is 0 Å². The summed E-state index contributed by atoms with van der Waals surface area (Å²) >= 11 is 0. The quantitative estimate of drug-likeness (QED) is 0.0571. The molecule has 0 rings (SSSR count). The molecule has 0 amide bonds. The van der Waals surface area contributed by atoms with Gasteiger partial charge in [-0.15, -0.1) is 0 Å². The van der Waals surface area contributed by atoms with Crippen molar-refractivity contribution in [3.63, 3.8) is 0 Å². The summed E-state index contributed by atoms with van der Waals surface area (Å²) in [6, 6.07) is 0. The number of unbranched alkanes of at least 4 members (excludes halogenated alkanes) is 13. The minimum absolute atomic E-state index is 0.0896. The van der Waals surface area contributed by atoms with Crippen LogP contribution in [-0.2, 0) is 27.9 Å². The third kappa shape index (κ3) is 25.2. The molecule has 0 aromatic heterocycles. The van der Waals surface area contributed by atoms with Crippen LogP contribution in [0.1, 0.15) is 110 Å². The average molecular weight is 539 g/mol. The number of phosphoric acid groups is 1. The minimum Gasteiger partial charge on any atom is -0.457 e. The first kappa shape index (κ1) is 35.5. The lowest BCUT2D eigenvalue weighted by Gasteiger charge is -2.24. The molecule has 0 heterocycles. The van der Waals surface area contributed by atoms with Crippen molar-refractivity contribution >= 4 is 13.8 Å². The third-order valence-corrected chi connectivity index (χ3v) is 6.96. The first-order valence-electron chi connectivity index (χ1n) is 14.3. The molecular formula is C27H57NO7P+. The predicted molar refractivity (Wildman–Crippen MR) is 146 cm³/mol. The number of nitrogens with zero attached hydrogens (tertiary/aromatic N) is 1. The summed E-state index contributed by atoms with van der Waals surface area (Å²) < 4.78 is 33.7. The molecule has 0 aromatic carbocycles. The van der Waals surface area contributed by atoms with Crippen molar-refractivity contribution in [3.8, 4) is 0 Å². The summed E-state index contributed by atoms with van der Waals surface area (Å²) in [6.45, 7) is 5.05. The first-order valence-corrected chi connectivity index (χ1v) is 15.8. The van der Waals surface area contributed by atoms with Crippen LogP contribution in [0.25, 0.3) is 0 Å². The predicted octanol–water partition coefficient (Wildman–Crippen LogP) is 6.65. The molecule has 0 fully saturated rings. The molecule has 0 aliphatic carbocycles. The van der Waals surface area contributed by atoms with Gasteiger partial charge in [0.1, 0.15) is 19.3 Å². The Balaban J connectivity index is 3.88. The third-order valence-electron chi connectivity index (χ3n) is 5.97. The molecule has 2 atom stereocenters. The Morgan fingerprint density at radius 2 is 1.25 bits per heavy atom. The van der Waals surface area contributed by atoms with Crippen LogP contribution in [0.3, 0.4) is 0 Å². The summed E-state index contributed by atoms with van der Waals surface area (Å²) in [7, 11) is 1.66. The zero-order valence-electron chi connectivity index (χ0n) is 24.0. The van der Waals surface area contributed by atoms with E-state index in [-0.39, 0.29) is 26.2 Å². The van der Waals surface area contributed by atoms with Gasteiger partial charge in [-0.1, -0.05) is 97.3 Å². The maximum atomic E-state index is 12.1. The maximum absolute atomic E-state index is 12.1. The molecule has 0 spiro atoms. The van der Waals surface area contributed by atoms with Gasteiger partial charge in [0.15, 0.2) is 0 Å². The van der Waals surface area contributed by atoms with E-state index in [0.717, 1.165) is 12.8 Å². The lowest BCUT2D eigenvalue weighted by atomic mass is 10.0. The Bertz CT molecular complexity index is 569. The molecule has 8 nitrogen and oxygen atoms in total. The van der Waals surface area contributed by atoms with Crippen molar-refractivity contribution < 1.29 is 37.3 Å². The van der Waals surface area contributed by atoms with Gasteiger partial charge in [0.25, 0.3) is 0 Å². The number of carbonyl (C=O) groups is 1. The van der Waals surface area contributed by atoms with E-state index >= 15 is 0 Å². The fourth-order valence-electron chi connectivity index (χ4n) is 3.64. The van der Waals surface area contributed by atoms with Gasteiger partial charge in [-0.3, -0.25) is 13.8 Å². The molecule has 1 N–H and O–H groups in total. The second-order valence-electron chi connectivity index (χ2n) is 10.7. The highest BCUT2D eigenvalue weighted by atomic mass is 31.2. The molecular weight excluding hydrogens is 481 g/mol. The zero-order valence-corrected chi connectivity index (χ0v) is 24.9.